The van der Waals surface area contributed by atoms with Crippen LogP contribution in [0, 0.1) is 6.92 Å². The number of aryl methyl sites for hydroxylation is 1. The molecule has 0 fully saturated rings. The monoisotopic (exact) mass is 415 g/mol. The molecule has 3 heterocycles. The molecule has 0 unspecified atom stereocenters. The average molecular weight is 415 g/mol. The number of hydrogen-bond acceptors (Lipinski definition) is 4. The Labute approximate surface area is 159 Å². The van der Waals surface area contributed by atoms with Crippen LogP contribution in [0.5, 0.6) is 11.5 Å². The molecular weight excluding hydrogens is 402 g/mol. The van der Waals surface area contributed by atoms with E-state index < -0.39 is 29.7 Å². The molecule has 28 heavy (non-hydrogen) atoms. The zero-order valence-electron chi connectivity index (χ0n) is 14.4. The minimum absolute atomic E-state index is 0.304. The highest BCUT2D eigenvalue weighted by molar-refractivity contribution is 7.09. The predicted octanol–water partition coefficient (Wildman–Crippen LogP) is 3.70. The lowest BCUT2D eigenvalue weighted by Gasteiger charge is -2.31. The Hall–Kier alpha value is -2.82. The molecule has 2 aromatic rings. The number of rotatable bonds is 1. The van der Waals surface area contributed by atoms with Crippen molar-refractivity contribution in [1.82, 2.24) is 9.47 Å². The Balaban J connectivity index is 1.72. The maximum Gasteiger partial charge on any atom is 0.507 e. The molecule has 1 aromatic heterocycles. The highest BCUT2D eigenvalue weighted by Crippen LogP contribution is 2.47. The summed E-state index contributed by atoms with van der Waals surface area (Å²) < 4.78 is 63.2. The largest absolute Gasteiger partial charge is 0.507 e. The van der Waals surface area contributed by atoms with Crippen molar-refractivity contribution >= 4 is 17.4 Å². The third-order valence-corrected chi connectivity index (χ3v) is 4.97. The molecule has 2 aliphatic heterocycles. The number of benzene rings is 1. The molecule has 1 aromatic carbocycles. The van der Waals surface area contributed by atoms with Gasteiger partial charge in [0.15, 0.2) is 16.3 Å². The van der Waals surface area contributed by atoms with E-state index >= 15 is 0 Å². The van der Waals surface area contributed by atoms with Crippen LogP contribution < -0.4 is 14.3 Å². The van der Waals surface area contributed by atoms with E-state index in [-0.39, 0.29) is 0 Å². The minimum atomic E-state index is -4.81. The lowest BCUT2D eigenvalue weighted by molar-refractivity contribution is -0.391. The fraction of sp³-hybridized carbons (Fsp3) is 0.294. The van der Waals surface area contributed by atoms with Gasteiger partial charge in [-0.05, 0) is 19.1 Å². The van der Waals surface area contributed by atoms with Gasteiger partial charge >= 0.3 is 18.2 Å². The van der Waals surface area contributed by atoms with Gasteiger partial charge in [0.25, 0.3) is 0 Å². The van der Waals surface area contributed by atoms with Gasteiger partial charge in [-0.2, -0.15) is 22.6 Å². The maximum atomic E-state index is 13.4. The lowest BCUT2D eigenvalue weighted by atomic mass is 10.2. The van der Waals surface area contributed by atoms with E-state index in [1.54, 1.807) is 13.1 Å². The van der Waals surface area contributed by atoms with Gasteiger partial charge in [0.2, 0.25) is 0 Å². The van der Waals surface area contributed by atoms with Gasteiger partial charge in [-0.3, -0.25) is 4.57 Å². The summed E-state index contributed by atoms with van der Waals surface area (Å²) in [5, 5.41) is 0. The number of amides is 2. The second-order valence-electron chi connectivity index (χ2n) is 6.13. The van der Waals surface area contributed by atoms with Crippen molar-refractivity contribution in [3.8, 4) is 17.2 Å². The number of carbonyl (C=O) groups is 1. The predicted molar refractivity (Wildman–Crippen MR) is 91.2 cm³/mol. The summed E-state index contributed by atoms with van der Waals surface area (Å²) >= 11 is 1.22. The first-order valence-electron chi connectivity index (χ1n) is 8.12. The topological polar surface area (TPSA) is 56.1 Å². The molecule has 2 amide bonds. The summed E-state index contributed by atoms with van der Waals surface area (Å²) in [7, 11) is 0. The Bertz CT molecular complexity index is 1040. The van der Waals surface area contributed by atoms with Gasteiger partial charge < -0.3 is 14.4 Å². The molecule has 2 aliphatic rings. The third kappa shape index (κ3) is 3.15. The Morgan fingerprint density at radius 2 is 1.75 bits per heavy atom. The number of ether oxygens (including phenoxy) is 2. The van der Waals surface area contributed by atoms with Crippen LogP contribution in [0.4, 0.5) is 22.4 Å². The van der Waals surface area contributed by atoms with E-state index in [1.807, 2.05) is 12.2 Å². The molecule has 0 saturated heterocycles. The van der Waals surface area contributed by atoms with Crippen LogP contribution in [-0.4, -0.2) is 40.8 Å². The van der Waals surface area contributed by atoms with Crippen LogP contribution in [0.1, 0.15) is 4.88 Å². The first-order valence-corrected chi connectivity index (χ1v) is 8.94. The molecule has 0 spiro atoms. The normalized spacial score (nSPS) is 19.9. The van der Waals surface area contributed by atoms with Crippen LogP contribution in [0.25, 0.3) is 5.69 Å². The third-order valence-electron chi connectivity index (χ3n) is 4.07. The van der Waals surface area contributed by atoms with Crippen molar-refractivity contribution < 1.29 is 31.8 Å². The standard InChI is InChI=1S/C17H13F4N3O3S/c1-10-9-24(15(28-10)22-14(25)23-6-2-3-7-23)11-4-5-12-13(8-11)27-17(20,21)16(18,19)26-12/h2-5,8-9H,6-7H2,1H3. The van der Waals surface area contributed by atoms with Crippen molar-refractivity contribution in [2.45, 2.75) is 19.1 Å². The maximum absolute atomic E-state index is 13.4. The van der Waals surface area contributed by atoms with Crippen LogP contribution in [0.15, 0.2) is 41.5 Å². The smallest absolute Gasteiger partial charge is 0.421 e. The molecule has 11 heteroatoms. The zero-order valence-corrected chi connectivity index (χ0v) is 15.2. The van der Waals surface area contributed by atoms with E-state index in [1.165, 1.54) is 26.9 Å². The fourth-order valence-electron chi connectivity index (χ4n) is 2.71. The van der Waals surface area contributed by atoms with E-state index in [0.29, 0.717) is 23.6 Å². The fourth-order valence-corrected chi connectivity index (χ4v) is 3.54. The number of urea groups is 1. The van der Waals surface area contributed by atoms with Crippen LogP contribution >= 0.6 is 11.3 Å². The van der Waals surface area contributed by atoms with Gasteiger partial charge in [-0.15, -0.1) is 11.3 Å². The van der Waals surface area contributed by atoms with Crippen molar-refractivity contribution in [2.75, 3.05) is 13.1 Å². The molecule has 0 radical (unpaired) electrons. The Kier molecular flexibility index (Phi) is 4.21. The molecule has 0 saturated carbocycles. The molecular formula is C17H13F4N3O3S. The number of fused-ring (bicyclic) bond motifs is 1. The van der Waals surface area contributed by atoms with Crippen LogP contribution in [-0.2, 0) is 0 Å². The van der Waals surface area contributed by atoms with Crippen molar-refractivity contribution in [3.05, 3.63) is 46.2 Å². The minimum Gasteiger partial charge on any atom is -0.421 e. The quantitative estimate of drug-likeness (QED) is 0.527. The molecule has 0 bridgehead atoms. The highest BCUT2D eigenvalue weighted by atomic mass is 32.1. The summed E-state index contributed by atoms with van der Waals surface area (Å²) in [5.74, 6) is -1.05. The van der Waals surface area contributed by atoms with Gasteiger partial charge in [-0.1, -0.05) is 12.2 Å². The van der Waals surface area contributed by atoms with Gasteiger partial charge in [-0.25, -0.2) is 4.79 Å². The van der Waals surface area contributed by atoms with Gasteiger partial charge in [0, 0.05) is 30.2 Å². The van der Waals surface area contributed by atoms with E-state index in [4.69, 9.17) is 0 Å². The molecule has 0 aliphatic carbocycles. The molecule has 6 nitrogen and oxygen atoms in total. The summed E-state index contributed by atoms with van der Waals surface area (Å²) in [6, 6.07) is 3.17. The summed E-state index contributed by atoms with van der Waals surface area (Å²) in [5.41, 5.74) is 0.304. The van der Waals surface area contributed by atoms with Gasteiger partial charge in [0.1, 0.15) is 0 Å². The summed E-state index contributed by atoms with van der Waals surface area (Å²) in [6.45, 7) is 2.70. The van der Waals surface area contributed by atoms with Crippen LogP contribution in [0.2, 0.25) is 0 Å². The first-order chi connectivity index (χ1) is 13.2. The van der Waals surface area contributed by atoms with E-state index in [9.17, 15) is 22.4 Å². The number of halogens is 4. The van der Waals surface area contributed by atoms with Crippen molar-refractivity contribution in [2.24, 2.45) is 4.99 Å². The average Bonchev–Trinajstić information content (AvgIpc) is 3.25. The first kappa shape index (κ1) is 18.5. The molecule has 4 rings (SSSR count). The van der Waals surface area contributed by atoms with Crippen LogP contribution in [0.3, 0.4) is 0 Å². The Morgan fingerprint density at radius 3 is 2.43 bits per heavy atom. The number of thiazole rings is 1. The van der Waals surface area contributed by atoms with Crippen molar-refractivity contribution in [3.63, 3.8) is 0 Å². The SMILES string of the molecule is Cc1cn(-c2ccc3c(c2)OC(F)(F)C(F)(F)O3)c(=NC(=O)N2CC=CC2)s1. The number of nitrogens with zero attached hydrogens (tertiary/aromatic N) is 3. The number of hydrogen-bond donors (Lipinski definition) is 0. The van der Waals surface area contributed by atoms with Gasteiger partial charge in [0.05, 0.1) is 5.69 Å². The summed E-state index contributed by atoms with van der Waals surface area (Å²) in [6.07, 6.45) is -4.24. The second kappa shape index (κ2) is 6.36. The highest BCUT2D eigenvalue weighted by Gasteiger charge is 2.65. The zero-order chi connectivity index (χ0) is 20.1. The molecule has 0 N–H and O–H groups in total. The lowest BCUT2D eigenvalue weighted by Crippen LogP contribution is -2.52. The summed E-state index contributed by atoms with van der Waals surface area (Å²) in [4.78, 5) is 19.0. The second-order valence-corrected chi connectivity index (χ2v) is 7.35. The van der Waals surface area contributed by atoms with Crippen molar-refractivity contribution in [1.29, 1.82) is 0 Å². The Morgan fingerprint density at radius 1 is 1.11 bits per heavy atom. The van der Waals surface area contributed by atoms with E-state index in [0.717, 1.165) is 17.0 Å². The molecule has 148 valence electrons. The molecule has 0 atom stereocenters. The van der Waals surface area contributed by atoms with E-state index in [2.05, 4.69) is 14.5 Å². The number of alkyl halides is 4. The number of carbonyl (C=O) groups excluding carboxylic acids is 1. The number of aromatic nitrogens is 1.